The molecule has 5 nitrogen and oxygen atoms in total. The van der Waals surface area contributed by atoms with E-state index in [-0.39, 0.29) is 11.4 Å². The van der Waals surface area contributed by atoms with E-state index in [0.29, 0.717) is 0 Å². The SMILES string of the molecule is CC(C)(C)OC(=O)NC/C=C/S(=O)(=O)c1ccc(Br)cc1. The molecule has 0 aliphatic rings. The van der Waals surface area contributed by atoms with Gasteiger partial charge in [-0.25, -0.2) is 13.2 Å². The van der Waals surface area contributed by atoms with Crippen LogP contribution in [0.3, 0.4) is 0 Å². The highest BCUT2D eigenvalue weighted by atomic mass is 79.9. The first-order valence-corrected chi connectivity index (χ1v) is 8.58. The normalized spacial score (nSPS) is 12.4. The summed E-state index contributed by atoms with van der Waals surface area (Å²) in [7, 11) is -3.50. The maximum atomic E-state index is 12.0. The molecular weight excluding hydrogens is 358 g/mol. The minimum absolute atomic E-state index is 0.0741. The summed E-state index contributed by atoms with van der Waals surface area (Å²) in [5.41, 5.74) is -0.586. The highest BCUT2D eigenvalue weighted by Crippen LogP contribution is 2.16. The molecule has 0 fully saturated rings. The first-order valence-electron chi connectivity index (χ1n) is 6.24. The van der Waals surface area contributed by atoms with Gasteiger partial charge in [0.2, 0.25) is 0 Å². The summed E-state index contributed by atoms with van der Waals surface area (Å²) in [6, 6.07) is 6.31. The molecule has 0 spiro atoms. The first kappa shape index (κ1) is 17.7. The quantitative estimate of drug-likeness (QED) is 0.876. The standard InChI is InChI=1S/C14H18BrNO4S/c1-14(2,3)20-13(17)16-9-4-10-21(18,19)12-7-5-11(15)6-8-12/h4-8,10H,9H2,1-3H3,(H,16,17)/b10-4+. The fraction of sp³-hybridized carbons (Fsp3) is 0.357. The van der Waals surface area contributed by atoms with Gasteiger partial charge in [0.25, 0.3) is 0 Å². The molecule has 1 aromatic carbocycles. The molecule has 1 rings (SSSR count). The third-order valence-electron chi connectivity index (χ3n) is 2.18. The smallest absolute Gasteiger partial charge is 0.407 e. The third kappa shape index (κ3) is 6.77. The topological polar surface area (TPSA) is 72.5 Å². The molecule has 0 aliphatic carbocycles. The van der Waals surface area contributed by atoms with Crippen LogP contribution in [0, 0.1) is 0 Å². The van der Waals surface area contributed by atoms with Crippen molar-refractivity contribution in [2.24, 2.45) is 0 Å². The summed E-state index contributed by atoms with van der Waals surface area (Å²) in [6.07, 6.45) is 0.773. The lowest BCUT2D eigenvalue weighted by Gasteiger charge is -2.19. The van der Waals surface area contributed by atoms with Crippen LogP contribution in [0.1, 0.15) is 20.8 Å². The summed E-state index contributed by atoms with van der Waals surface area (Å²) in [4.78, 5) is 11.6. The minimum Gasteiger partial charge on any atom is -0.444 e. The van der Waals surface area contributed by atoms with Gasteiger partial charge in [0.05, 0.1) is 4.90 Å². The lowest BCUT2D eigenvalue weighted by molar-refractivity contribution is 0.0534. The number of benzene rings is 1. The summed E-state index contributed by atoms with van der Waals surface area (Å²) < 4.78 is 29.8. The molecule has 0 bridgehead atoms. The highest BCUT2D eigenvalue weighted by Gasteiger charge is 2.15. The predicted molar refractivity (Wildman–Crippen MR) is 84.7 cm³/mol. The van der Waals surface area contributed by atoms with Crippen LogP contribution in [-0.4, -0.2) is 26.7 Å². The van der Waals surface area contributed by atoms with Crippen molar-refractivity contribution < 1.29 is 17.9 Å². The van der Waals surface area contributed by atoms with E-state index in [2.05, 4.69) is 21.2 Å². The second kappa shape index (κ2) is 7.09. The molecule has 0 saturated carbocycles. The van der Waals surface area contributed by atoms with Crippen LogP contribution in [0.15, 0.2) is 45.1 Å². The van der Waals surface area contributed by atoms with Crippen molar-refractivity contribution in [3.8, 4) is 0 Å². The first-order chi connectivity index (χ1) is 9.60. The van der Waals surface area contributed by atoms with Gasteiger partial charge in [0, 0.05) is 16.4 Å². The Balaban J connectivity index is 2.56. The van der Waals surface area contributed by atoms with Gasteiger partial charge in [-0.2, -0.15) is 0 Å². The molecule has 0 atom stereocenters. The summed E-state index contributed by atoms with van der Waals surface area (Å²) in [6.45, 7) is 5.33. The van der Waals surface area contributed by atoms with E-state index in [4.69, 9.17) is 4.74 Å². The predicted octanol–water partition coefficient (Wildman–Crippen LogP) is 3.26. The number of ether oxygens (including phenoxy) is 1. The maximum Gasteiger partial charge on any atom is 0.407 e. The van der Waals surface area contributed by atoms with Crippen LogP contribution in [0.5, 0.6) is 0 Å². The molecule has 0 aromatic heterocycles. The van der Waals surface area contributed by atoms with Crippen molar-refractivity contribution >= 4 is 31.9 Å². The zero-order valence-electron chi connectivity index (χ0n) is 12.1. The fourth-order valence-electron chi connectivity index (χ4n) is 1.33. The molecule has 21 heavy (non-hydrogen) atoms. The van der Waals surface area contributed by atoms with Crippen LogP contribution >= 0.6 is 15.9 Å². The van der Waals surface area contributed by atoms with E-state index in [9.17, 15) is 13.2 Å². The van der Waals surface area contributed by atoms with Gasteiger partial charge in [-0.3, -0.25) is 0 Å². The van der Waals surface area contributed by atoms with Crippen LogP contribution in [0.25, 0.3) is 0 Å². The zero-order valence-corrected chi connectivity index (χ0v) is 14.5. The van der Waals surface area contributed by atoms with Gasteiger partial charge >= 0.3 is 6.09 Å². The van der Waals surface area contributed by atoms with Gasteiger partial charge in [-0.15, -0.1) is 0 Å². The monoisotopic (exact) mass is 375 g/mol. The Kier molecular flexibility index (Phi) is 5.98. The Hall–Kier alpha value is -1.34. The number of hydrogen-bond acceptors (Lipinski definition) is 4. The summed E-state index contributed by atoms with van der Waals surface area (Å²) >= 11 is 3.24. The van der Waals surface area contributed by atoms with Crippen LogP contribution in [0.2, 0.25) is 0 Å². The molecule has 7 heteroatoms. The second-order valence-electron chi connectivity index (χ2n) is 5.25. The molecule has 0 heterocycles. The van der Waals surface area contributed by atoms with Crippen molar-refractivity contribution in [3.63, 3.8) is 0 Å². The van der Waals surface area contributed by atoms with E-state index >= 15 is 0 Å². The number of carbonyl (C=O) groups excluding carboxylic acids is 1. The summed E-state index contributed by atoms with van der Waals surface area (Å²) in [5, 5.41) is 3.52. The van der Waals surface area contributed by atoms with E-state index in [1.807, 2.05) is 0 Å². The second-order valence-corrected chi connectivity index (χ2v) is 8.00. The average Bonchev–Trinajstić information content (AvgIpc) is 2.33. The molecule has 116 valence electrons. The van der Waals surface area contributed by atoms with Crippen molar-refractivity contribution in [2.45, 2.75) is 31.3 Å². The fourth-order valence-corrected chi connectivity index (χ4v) is 2.62. The molecule has 0 saturated heterocycles. The Bertz CT molecular complexity index is 615. The van der Waals surface area contributed by atoms with Crippen molar-refractivity contribution in [3.05, 3.63) is 40.2 Å². The van der Waals surface area contributed by atoms with Gasteiger partial charge in [-0.05, 0) is 45.0 Å². The molecular formula is C14H18BrNO4S. The van der Waals surface area contributed by atoms with Gasteiger partial charge in [0.15, 0.2) is 9.84 Å². The minimum atomic E-state index is -3.50. The number of hydrogen-bond donors (Lipinski definition) is 1. The molecule has 0 radical (unpaired) electrons. The number of alkyl carbamates (subject to hydrolysis) is 1. The highest BCUT2D eigenvalue weighted by molar-refractivity contribution is 9.10. The molecule has 0 aliphatic heterocycles. The number of carbonyl (C=O) groups is 1. The zero-order chi connectivity index (χ0) is 16.1. The number of nitrogens with one attached hydrogen (secondary N) is 1. The van der Waals surface area contributed by atoms with Crippen LogP contribution in [0.4, 0.5) is 4.79 Å². The number of sulfone groups is 1. The number of amides is 1. The lowest BCUT2D eigenvalue weighted by Crippen LogP contribution is -2.32. The Morgan fingerprint density at radius 1 is 1.29 bits per heavy atom. The van der Waals surface area contributed by atoms with Gasteiger partial charge in [-0.1, -0.05) is 22.0 Å². The average molecular weight is 376 g/mol. The molecule has 0 unspecified atom stereocenters. The molecule has 1 N–H and O–H groups in total. The third-order valence-corrected chi connectivity index (χ3v) is 4.19. The van der Waals surface area contributed by atoms with Crippen LogP contribution < -0.4 is 5.32 Å². The number of rotatable bonds is 4. The molecule has 1 aromatic rings. The van der Waals surface area contributed by atoms with E-state index < -0.39 is 21.5 Å². The van der Waals surface area contributed by atoms with E-state index in [1.165, 1.54) is 18.2 Å². The Morgan fingerprint density at radius 2 is 1.86 bits per heavy atom. The van der Waals surface area contributed by atoms with Crippen molar-refractivity contribution in [2.75, 3.05) is 6.54 Å². The van der Waals surface area contributed by atoms with Crippen molar-refractivity contribution in [1.29, 1.82) is 0 Å². The lowest BCUT2D eigenvalue weighted by atomic mass is 10.2. The van der Waals surface area contributed by atoms with E-state index in [0.717, 1.165) is 9.88 Å². The molecule has 1 amide bonds. The van der Waals surface area contributed by atoms with Gasteiger partial charge in [0.1, 0.15) is 5.60 Å². The number of halogens is 1. The Morgan fingerprint density at radius 3 is 2.38 bits per heavy atom. The van der Waals surface area contributed by atoms with Crippen molar-refractivity contribution in [1.82, 2.24) is 5.32 Å². The van der Waals surface area contributed by atoms with Crippen LogP contribution in [-0.2, 0) is 14.6 Å². The maximum absolute atomic E-state index is 12.0. The van der Waals surface area contributed by atoms with E-state index in [1.54, 1.807) is 32.9 Å². The Labute approximate surface area is 133 Å². The summed E-state index contributed by atoms with van der Waals surface area (Å²) in [5.74, 6) is 0. The van der Waals surface area contributed by atoms with Gasteiger partial charge < -0.3 is 10.1 Å². The largest absolute Gasteiger partial charge is 0.444 e.